The number of aliphatic hydroxyl groups is 3. The number of alkyl halides is 6. The molecule has 4 aliphatic rings. The van der Waals surface area contributed by atoms with E-state index in [-0.39, 0.29) is 53.1 Å². The molecule has 4 fully saturated rings. The fourth-order valence-corrected chi connectivity index (χ4v) is 8.53. The third kappa shape index (κ3) is 3.92. The van der Waals surface area contributed by atoms with Crippen LogP contribution in [0.1, 0.15) is 71.6 Å². The summed E-state index contributed by atoms with van der Waals surface area (Å²) in [5, 5.41) is 30.6. The molecule has 0 aliphatic heterocycles. The first-order valence-corrected chi connectivity index (χ1v) is 12.4. The van der Waals surface area contributed by atoms with Gasteiger partial charge in [0.15, 0.2) is 0 Å². The van der Waals surface area contributed by atoms with Crippen molar-refractivity contribution < 1.29 is 41.7 Å². The monoisotopic (exact) mass is 498 g/mol. The van der Waals surface area contributed by atoms with Crippen LogP contribution < -0.4 is 0 Å². The number of fused-ring (bicyclic) bond motifs is 5. The summed E-state index contributed by atoms with van der Waals surface area (Å²) in [4.78, 5) is 0. The smallest absolute Gasteiger partial charge is 0.393 e. The van der Waals surface area contributed by atoms with Crippen LogP contribution in [-0.4, -0.2) is 45.5 Å². The van der Waals surface area contributed by atoms with Gasteiger partial charge in [0.05, 0.1) is 12.2 Å². The van der Waals surface area contributed by atoms with E-state index in [9.17, 15) is 41.7 Å². The van der Waals surface area contributed by atoms with Crippen LogP contribution in [0.3, 0.4) is 0 Å². The molecule has 0 heterocycles. The highest BCUT2D eigenvalue weighted by Gasteiger charge is 2.69. The van der Waals surface area contributed by atoms with E-state index < -0.39 is 24.1 Å². The van der Waals surface area contributed by atoms with Crippen LogP contribution in [0.25, 0.3) is 0 Å². The van der Waals surface area contributed by atoms with Gasteiger partial charge in [-0.15, -0.1) is 0 Å². The summed E-state index contributed by atoms with van der Waals surface area (Å²) < 4.78 is 78.0. The molecule has 0 aromatic heterocycles. The molecule has 0 saturated heterocycles. The molecule has 4 aliphatic carbocycles. The second-order valence-electron chi connectivity index (χ2n) is 11.9. The predicted molar refractivity (Wildman–Crippen MR) is 113 cm³/mol. The van der Waals surface area contributed by atoms with E-state index in [2.05, 4.69) is 13.8 Å². The number of halogens is 6. The fourth-order valence-electron chi connectivity index (χ4n) is 8.53. The Morgan fingerprint density at radius 2 is 1.38 bits per heavy atom. The minimum atomic E-state index is -5.85. The Morgan fingerprint density at radius 3 is 2.00 bits per heavy atom. The highest BCUT2D eigenvalue weighted by molar-refractivity contribution is 5.14. The Kier molecular flexibility index (Phi) is 6.47. The van der Waals surface area contributed by atoms with Gasteiger partial charge in [-0.3, -0.25) is 0 Å². The van der Waals surface area contributed by atoms with Crippen LogP contribution >= 0.6 is 0 Å². The summed E-state index contributed by atoms with van der Waals surface area (Å²) in [6.45, 7) is 4.33. The van der Waals surface area contributed by atoms with Gasteiger partial charge in [0.25, 0.3) is 5.60 Å². The summed E-state index contributed by atoms with van der Waals surface area (Å²) in [6.07, 6.45) is -5.64. The van der Waals surface area contributed by atoms with Crippen LogP contribution in [0.2, 0.25) is 0 Å². The molecule has 0 bridgehead atoms. The topological polar surface area (TPSA) is 60.7 Å². The SMILES string of the molecule is CC12CCC3C(CC(O)C4CC(O)CCC43C)C1CCC2C/C=C/C(O)(C(F)(F)F)C(F)(F)F. The number of hydrogen-bond acceptors (Lipinski definition) is 3. The molecule has 9 atom stereocenters. The lowest BCUT2D eigenvalue weighted by Gasteiger charge is -2.62. The summed E-state index contributed by atoms with van der Waals surface area (Å²) in [6, 6.07) is 0. The molecule has 9 unspecified atom stereocenters. The van der Waals surface area contributed by atoms with Crippen LogP contribution in [0.5, 0.6) is 0 Å². The van der Waals surface area contributed by atoms with Crippen LogP contribution in [0, 0.1) is 40.4 Å². The third-order valence-corrected chi connectivity index (χ3v) is 10.5. The van der Waals surface area contributed by atoms with Crippen LogP contribution in [0.4, 0.5) is 26.3 Å². The molecule has 4 saturated carbocycles. The normalized spacial score (nSPS) is 45.7. The van der Waals surface area contributed by atoms with Crippen molar-refractivity contribution in [2.24, 2.45) is 40.4 Å². The summed E-state index contributed by atoms with van der Waals surface area (Å²) in [5.74, 6) is 0.913. The lowest BCUT2D eigenvalue weighted by Crippen LogP contribution is -2.58. The molecule has 3 N–H and O–H groups in total. The molecule has 9 heteroatoms. The second kappa shape index (κ2) is 8.37. The largest absolute Gasteiger partial charge is 0.429 e. The van der Waals surface area contributed by atoms with Gasteiger partial charge >= 0.3 is 12.4 Å². The van der Waals surface area contributed by atoms with Crippen molar-refractivity contribution in [3.8, 4) is 0 Å². The van der Waals surface area contributed by atoms with E-state index in [1.165, 1.54) is 0 Å². The van der Waals surface area contributed by atoms with E-state index >= 15 is 0 Å². The summed E-state index contributed by atoms with van der Waals surface area (Å²) >= 11 is 0. The van der Waals surface area contributed by atoms with Gasteiger partial charge in [-0.05, 0) is 104 Å². The fraction of sp³-hybridized carbons (Fsp3) is 0.920. The minimum absolute atomic E-state index is 0.0491. The van der Waals surface area contributed by atoms with E-state index in [1.54, 1.807) is 0 Å². The molecule has 0 amide bonds. The van der Waals surface area contributed by atoms with Crippen molar-refractivity contribution in [3.63, 3.8) is 0 Å². The van der Waals surface area contributed by atoms with E-state index in [4.69, 9.17) is 0 Å². The van der Waals surface area contributed by atoms with Gasteiger partial charge < -0.3 is 15.3 Å². The highest BCUT2D eigenvalue weighted by atomic mass is 19.4. The van der Waals surface area contributed by atoms with Crippen molar-refractivity contribution >= 4 is 0 Å². The maximum Gasteiger partial charge on any atom is 0.429 e. The predicted octanol–water partition coefficient (Wildman–Crippen LogP) is 5.78. The van der Waals surface area contributed by atoms with Gasteiger partial charge in [0, 0.05) is 0 Å². The zero-order chi connectivity index (χ0) is 25.3. The molecular weight excluding hydrogens is 462 g/mol. The molecular formula is C25H36F6O3. The number of aliphatic hydroxyl groups excluding tert-OH is 2. The highest BCUT2D eigenvalue weighted by Crippen LogP contribution is 2.67. The molecule has 0 spiro atoms. The van der Waals surface area contributed by atoms with Gasteiger partial charge in [0.1, 0.15) is 0 Å². The number of hydrogen-bond donors (Lipinski definition) is 3. The van der Waals surface area contributed by atoms with Crippen molar-refractivity contribution in [2.75, 3.05) is 0 Å². The maximum atomic E-state index is 13.0. The number of rotatable bonds is 3. The summed E-state index contributed by atoms with van der Waals surface area (Å²) in [7, 11) is 0. The zero-order valence-corrected chi connectivity index (χ0v) is 19.7. The second-order valence-corrected chi connectivity index (χ2v) is 11.9. The maximum absolute atomic E-state index is 13.0. The van der Waals surface area contributed by atoms with Gasteiger partial charge in [0.2, 0.25) is 0 Å². The van der Waals surface area contributed by atoms with E-state index in [1.807, 2.05) is 0 Å². The van der Waals surface area contributed by atoms with Crippen molar-refractivity contribution in [1.29, 1.82) is 0 Å². The molecule has 3 nitrogen and oxygen atoms in total. The Bertz CT molecular complexity index is 781. The van der Waals surface area contributed by atoms with E-state index in [0.29, 0.717) is 25.2 Å². The third-order valence-electron chi connectivity index (χ3n) is 10.5. The first-order chi connectivity index (χ1) is 15.5. The van der Waals surface area contributed by atoms with Gasteiger partial charge in [-0.25, -0.2) is 0 Å². The lowest BCUT2D eigenvalue weighted by molar-refractivity contribution is -0.347. The molecule has 0 aromatic rings. The van der Waals surface area contributed by atoms with Gasteiger partial charge in [-0.1, -0.05) is 19.9 Å². The quantitative estimate of drug-likeness (QED) is 0.342. The average Bonchev–Trinajstić information content (AvgIpc) is 3.04. The van der Waals surface area contributed by atoms with Gasteiger partial charge in [-0.2, -0.15) is 26.3 Å². The minimum Gasteiger partial charge on any atom is -0.393 e. The van der Waals surface area contributed by atoms with Crippen LogP contribution in [0.15, 0.2) is 12.2 Å². The molecule has 34 heavy (non-hydrogen) atoms. The molecule has 4 rings (SSSR count). The number of allylic oxidation sites excluding steroid dienone is 1. The first-order valence-electron chi connectivity index (χ1n) is 12.4. The first kappa shape index (κ1) is 26.3. The standard InChI is InChI=1S/C25H36F6O3/c1-21-11-8-18-16(13-20(33)19-12-15(32)7-10-22(18,19)2)17(21)6-5-14(21)4-3-9-23(34,24(26,27)28)25(29,30)31/h3,9,14-20,32-34H,4-8,10-13H2,1-2H3/b9-3+. The van der Waals surface area contributed by atoms with E-state index in [0.717, 1.165) is 38.2 Å². The molecule has 0 aromatic carbocycles. The Labute approximate surface area is 196 Å². The Balaban J connectivity index is 1.52. The Hall–Kier alpha value is -0.800. The zero-order valence-electron chi connectivity index (χ0n) is 19.7. The van der Waals surface area contributed by atoms with Crippen LogP contribution in [-0.2, 0) is 0 Å². The molecule has 196 valence electrons. The average molecular weight is 499 g/mol. The van der Waals surface area contributed by atoms with Crippen molar-refractivity contribution in [2.45, 2.75) is 102 Å². The van der Waals surface area contributed by atoms with Crippen molar-refractivity contribution in [3.05, 3.63) is 12.2 Å². The molecule has 0 radical (unpaired) electrons. The summed E-state index contributed by atoms with van der Waals surface area (Å²) in [5.41, 5.74) is -5.13. The lowest BCUT2D eigenvalue weighted by atomic mass is 9.44. The Morgan fingerprint density at radius 1 is 0.794 bits per heavy atom. The van der Waals surface area contributed by atoms with Crippen molar-refractivity contribution in [1.82, 2.24) is 0 Å².